The number of nitrogens with one attached hydrogen (secondary N) is 3. The molecule has 0 aromatic heterocycles. The molecule has 10 nitrogen and oxygen atoms in total. The highest BCUT2D eigenvalue weighted by Gasteiger charge is 2.23. The van der Waals surface area contributed by atoms with Crippen LogP contribution in [0.2, 0.25) is 0 Å². The average Bonchev–Trinajstić information content (AvgIpc) is 2.99. The van der Waals surface area contributed by atoms with Crippen LogP contribution in [0.25, 0.3) is 11.9 Å². The van der Waals surface area contributed by atoms with E-state index >= 15 is 0 Å². The molecule has 2 aromatic rings. The van der Waals surface area contributed by atoms with Gasteiger partial charge in [-0.15, -0.1) is 0 Å². The summed E-state index contributed by atoms with van der Waals surface area (Å²) < 4.78 is 5.63. The number of fused-ring (bicyclic) bond motifs is 3. The van der Waals surface area contributed by atoms with Crippen LogP contribution in [0.5, 0.6) is 5.75 Å². The van der Waals surface area contributed by atoms with E-state index in [0.29, 0.717) is 16.6 Å². The second kappa shape index (κ2) is 6.02. The number of hydrogen-bond donors (Lipinski definition) is 3. The molecule has 136 valence electrons. The third kappa shape index (κ3) is 2.78. The Morgan fingerprint density at radius 2 is 2.15 bits per heavy atom. The predicted molar refractivity (Wildman–Crippen MR) is 97.6 cm³/mol. The van der Waals surface area contributed by atoms with E-state index in [1.165, 1.54) is 18.2 Å². The summed E-state index contributed by atoms with van der Waals surface area (Å²) in [6, 6.07) is 9.42. The summed E-state index contributed by atoms with van der Waals surface area (Å²) in [5.41, 5.74) is 4.27. The number of ether oxygens (including phenoxy) is 1. The van der Waals surface area contributed by atoms with Gasteiger partial charge in [0.15, 0.2) is 0 Å². The quantitative estimate of drug-likeness (QED) is 0.291. The zero-order valence-electron chi connectivity index (χ0n) is 14.0. The van der Waals surface area contributed by atoms with Crippen molar-refractivity contribution in [2.24, 2.45) is 4.99 Å². The lowest BCUT2D eigenvalue weighted by Gasteiger charge is -2.21. The van der Waals surface area contributed by atoms with E-state index in [1.807, 2.05) is 0 Å². The van der Waals surface area contributed by atoms with Crippen molar-refractivity contribution in [3.05, 3.63) is 56.9 Å². The molecule has 0 aliphatic carbocycles. The van der Waals surface area contributed by atoms with Crippen LogP contribution in [-0.4, -0.2) is 23.9 Å². The standard InChI is InChI=1S/C17H14N6O4/c1-22-15-12(14(21-22)16(18)24)6-5-9-8-19-17(20-13(9)15)27-11-4-2-3-10(7-11)23(25)26/h2-8,21H,1H3,(H2,18,24)(H,19,20)/p-1. The Hall–Kier alpha value is -4.08. The minimum Gasteiger partial charge on any atom is -0.858 e. The van der Waals surface area contributed by atoms with Crippen LogP contribution in [0, 0.1) is 15.5 Å². The Balaban J connectivity index is 1.71. The first-order valence-corrected chi connectivity index (χ1v) is 7.85. The van der Waals surface area contributed by atoms with E-state index in [4.69, 9.17) is 10.1 Å². The van der Waals surface area contributed by atoms with Crippen molar-refractivity contribution in [2.75, 3.05) is 17.4 Å². The molecule has 2 heterocycles. The van der Waals surface area contributed by atoms with Crippen molar-refractivity contribution in [3.63, 3.8) is 0 Å². The fraction of sp³-hybridized carbons (Fsp3) is 0.0588. The van der Waals surface area contributed by atoms with Gasteiger partial charge in [-0.2, -0.15) is 0 Å². The van der Waals surface area contributed by atoms with Crippen LogP contribution in [0.15, 0.2) is 41.4 Å². The van der Waals surface area contributed by atoms with Gasteiger partial charge < -0.3 is 20.6 Å². The van der Waals surface area contributed by atoms with Crippen molar-refractivity contribution < 1.29 is 14.8 Å². The number of amidine groups is 1. The summed E-state index contributed by atoms with van der Waals surface area (Å²) in [4.78, 5) is 14.6. The van der Waals surface area contributed by atoms with Gasteiger partial charge in [0, 0.05) is 35.6 Å². The topological polar surface area (TPSA) is 139 Å². The number of non-ortho nitro benzene ring substituents is 1. The molecule has 4 rings (SSSR count). The molecule has 0 saturated heterocycles. The van der Waals surface area contributed by atoms with Crippen LogP contribution in [-0.2, 0) is 0 Å². The predicted octanol–water partition coefficient (Wildman–Crippen LogP) is -0.407. The number of rotatable bonds is 3. The van der Waals surface area contributed by atoms with Gasteiger partial charge in [0.25, 0.3) is 11.7 Å². The van der Waals surface area contributed by atoms with Crippen molar-refractivity contribution in [2.45, 2.75) is 0 Å². The van der Waals surface area contributed by atoms with Crippen LogP contribution < -0.4 is 36.0 Å². The fourth-order valence-corrected chi connectivity index (χ4v) is 2.94. The largest absolute Gasteiger partial charge is 0.858 e. The highest BCUT2D eigenvalue weighted by atomic mass is 16.6. The number of aliphatic imine (C=N–C) groups is 1. The molecule has 27 heavy (non-hydrogen) atoms. The number of anilines is 2. The Kier molecular flexibility index (Phi) is 3.65. The lowest BCUT2D eigenvalue weighted by Crippen LogP contribution is -2.35. The normalized spacial score (nSPS) is 14.2. The number of hydrogen-bond acceptors (Lipinski definition) is 9. The molecule has 2 aliphatic rings. The minimum atomic E-state index is -0.818. The molecule has 0 amide bonds. The number of nitro groups is 1. The maximum atomic E-state index is 11.5. The van der Waals surface area contributed by atoms with Crippen LogP contribution >= 0.6 is 0 Å². The van der Waals surface area contributed by atoms with Gasteiger partial charge in [-0.25, -0.2) is 4.99 Å². The lowest BCUT2D eigenvalue weighted by molar-refractivity contribution is -0.384. The molecule has 2 aromatic carbocycles. The first-order chi connectivity index (χ1) is 12.9. The molecule has 0 fully saturated rings. The average molecular weight is 365 g/mol. The van der Waals surface area contributed by atoms with Crippen molar-refractivity contribution in [3.8, 4) is 5.75 Å². The molecular weight excluding hydrogens is 352 g/mol. The van der Waals surface area contributed by atoms with Gasteiger partial charge in [0.05, 0.1) is 28.1 Å². The van der Waals surface area contributed by atoms with Gasteiger partial charge in [-0.05, 0) is 12.1 Å². The SMILES string of the molecule is CN1NC(C(=N)[O-])=c2ccc3c(c21)NC(Oc1cccc([N+](=O)[O-])c1)=NC=3. The van der Waals surface area contributed by atoms with Gasteiger partial charge in [0.1, 0.15) is 5.75 Å². The van der Waals surface area contributed by atoms with Crippen molar-refractivity contribution in [1.82, 2.24) is 5.43 Å². The Bertz CT molecular complexity index is 1140. The summed E-state index contributed by atoms with van der Waals surface area (Å²) in [5.74, 6) is -0.554. The third-order valence-electron chi connectivity index (χ3n) is 4.12. The van der Waals surface area contributed by atoms with E-state index in [-0.39, 0.29) is 23.2 Å². The molecule has 0 bridgehead atoms. The van der Waals surface area contributed by atoms with E-state index < -0.39 is 10.8 Å². The second-order valence-corrected chi connectivity index (χ2v) is 5.85. The highest BCUT2D eigenvalue weighted by molar-refractivity contribution is 6.11. The zero-order chi connectivity index (χ0) is 19.1. The molecule has 2 aliphatic heterocycles. The number of nitrogens with zero attached hydrogens (tertiary/aromatic N) is 3. The van der Waals surface area contributed by atoms with Crippen molar-refractivity contribution in [1.29, 1.82) is 5.41 Å². The van der Waals surface area contributed by atoms with E-state index in [1.54, 1.807) is 36.5 Å². The number of benzene rings is 2. The molecule has 0 atom stereocenters. The summed E-state index contributed by atoms with van der Waals surface area (Å²) >= 11 is 0. The Morgan fingerprint density at radius 1 is 1.33 bits per heavy atom. The van der Waals surface area contributed by atoms with Crippen LogP contribution in [0.1, 0.15) is 0 Å². The molecule has 0 radical (unpaired) electrons. The number of hydrazine groups is 1. The van der Waals surface area contributed by atoms with Gasteiger partial charge in [-0.3, -0.25) is 20.5 Å². The first-order valence-electron chi connectivity index (χ1n) is 7.85. The fourth-order valence-electron chi connectivity index (χ4n) is 2.94. The third-order valence-corrected chi connectivity index (χ3v) is 4.12. The molecule has 10 heteroatoms. The number of nitro benzene ring substituents is 1. The Labute approximate surface area is 152 Å². The smallest absolute Gasteiger partial charge is 0.299 e. The van der Waals surface area contributed by atoms with Gasteiger partial charge >= 0.3 is 0 Å². The summed E-state index contributed by atoms with van der Waals surface area (Å²) in [5, 5.41) is 35.8. The first kappa shape index (κ1) is 16.4. The summed E-state index contributed by atoms with van der Waals surface area (Å²) in [7, 11) is 1.73. The second-order valence-electron chi connectivity index (χ2n) is 5.85. The molecule has 0 saturated carbocycles. The van der Waals surface area contributed by atoms with E-state index in [2.05, 4.69) is 15.7 Å². The molecule has 3 N–H and O–H groups in total. The van der Waals surface area contributed by atoms with Gasteiger partial charge in [-0.1, -0.05) is 12.1 Å². The summed E-state index contributed by atoms with van der Waals surface area (Å²) in [6.45, 7) is 0. The maximum Gasteiger partial charge on any atom is 0.299 e. The minimum absolute atomic E-state index is 0.0914. The van der Waals surface area contributed by atoms with Crippen molar-refractivity contribution >= 4 is 40.9 Å². The van der Waals surface area contributed by atoms with Crippen LogP contribution in [0.4, 0.5) is 17.1 Å². The van der Waals surface area contributed by atoms with E-state index in [0.717, 1.165) is 5.22 Å². The molecule has 0 unspecified atom stereocenters. The lowest BCUT2D eigenvalue weighted by atomic mass is 10.1. The monoisotopic (exact) mass is 365 g/mol. The maximum absolute atomic E-state index is 11.5. The van der Waals surface area contributed by atoms with Gasteiger partial charge in [0.2, 0.25) is 0 Å². The molecule has 0 spiro atoms. The highest BCUT2D eigenvalue weighted by Crippen LogP contribution is 2.24. The zero-order valence-corrected chi connectivity index (χ0v) is 14.0. The summed E-state index contributed by atoms with van der Waals surface area (Å²) in [6.07, 6.45) is 1.59. The van der Waals surface area contributed by atoms with E-state index in [9.17, 15) is 15.2 Å². The Morgan fingerprint density at radius 3 is 2.89 bits per heavy atom. The van der Waals surface area contributed by atoms with Crippen LogP contribution in [0.3, 0.4) is 0 Å². The molecular formula is C17H13N6O4-.